The Morgan fingerprint density at radius 3 is 2.85 bits per heavy atom. The smallest absolute Gasteiger partial charge is 0.270 e. The van der Waals surface area contributed by atoms with Crippen LogP contribution in [0.2, 0.25) is 0 Å². The third-order valence-corrected chi connectivity index (χ3v) is 3.37. The van der Waals surface area contributed by atoms with Gasteiger partial charge in [0.05, 0.1) is 24.2 Å². The summed E-state index contributed by atoms with van der Waals surface area (Å²) in [7, 11) is 1.58. The number of hydrogen-bond donors (Lipinski definition) is 0. The number of benzene rings is 1. The van der Waals surface area contributed by atoms with E-state index in [0.29, 0.717) is 18.9 Å². The first-order chi connectivity index (χ1) is 9.41. The highest BCUT2D eigenvalue weighted by molar-refractivity contribution is 5.43. The van der Waals surface area contributed by atoms with Gasteiger partial charge in [-0.05, 0) is 19.9 Å². The summed E-state index contributed by atoms with van der Waals surface area (Å²) in [6.45, 7) is 6.99. The van der Waals surface area contributed by atoms with Gasteiger partial charge in [-0.2, -0.15) is 0 Å². The number of nitrogens with zero attached hydrogens (tertiary/aromatic N) is 2. The average Bonchev–Trinajstić information content (AvgIpc) is 2.37. The molecule has 6 heteroatoms. The first-order valence-corrected chi connectivity index (χ1v) is 6.59. The van der Waals surface area contributed by atoms with Crippen LogP contribution in [0.1, 0.15) is 19.4 Å². The maximum atomic E-state index is 10.9. The minimum absolute atomic E-state index is 0.0910. The number of non-ortho nitro benzene ring substituents is 1. The first kappa shape index (κ1) is 14.7. The van der Waals surface area contributed by atoms with E-state index in [-0.39, 0.29) is 16.2 Å². The number of methoxy groups -OCH3 is 1. The Hall–Kier alpha value is -1.66. The normalized spacial score (nSPS) is 18.8. The number of nitro groups is 1. The second kappa shape index (κ2) is 5.76. The summed E-state index contributed by atoms with van der Waals surface area (Å²) in [5, 5.41) is 10.9. The van der Waals surface area contributed by atoms with E-state index >= 15 is 0 Å². The van der Waals surface area contributed by atoms with Crippen LogP contribution in [0.3, 0.4) is 0 Å². The van der Waals surface area contributed by atoms with Crippen molar-refractivity contribution >= 4 is 5.69 Å². The van der Waals surface area contributed by atoms with Crippen molar-refractivity contribution in [3.8, 4) is 5.75 Å². The molecule has 1 fully saturated rings. The van der Waals surface area contributed by atoms with Crippen LogP contribution in [0.15, 0.2) is 18.2 Å². The fourth-order valence-corrected chi connectivity index (χ4v) is 2.49. The largest absolute Gasteiger partial charge is 0.496 e. The summed E-state index contributed by atoms with van der Waals surface area (Å²) >= 11 is 0. The molecule has 0 aliphatic carbocycles. The van der Waals surface area contributed by atoms with E-state index in [1.54, 1.807) is 19.2 Å². The zero-order valence-electron chi connectivity index (χ0n) is 12.1. The van der Waals surface area contributed by atoms with Gasteiger partial charge in [0.25, 0.3) is 5.69 Å². The molecule has 1 aromatic rings. The molecule has 0 bridgehead atoms. The number of ether oxygens (including phenoxy) is 2. The van der Waals surface area contributed by atoms with Gasteiger partial charge in [-0.25, -0.2) is 0 Å². The molecule has 1 aliphatic rings. The van der Waals surface area contributed by atoms with Crippen LogP contribution < -0.4 is 4.74 Å². The molecular formula is C14H20N2O4. The van der Waals surface area contributed by atoms with Crippen molar-refractivity contribution in [2.75, 3.05) is 26.8 Å². The van der Waals surface area contributed by atoms with Gasteiger partial charge in [0.2, 0.25) is 0 Å². The maximum absolute atomic E-state index is 10.9. The summed E-state index contributed by atoms with van der Waals surface area (Å²) in [4.78, 5) is 12.7. The molecular weight excluding hydrogens is 260 g/mol. The fourth-order valence-electron chi connectivity index (χ4n) is 2.49. The van der Waals surface area contributed by atoms with Crippen LogP contribution in [0, 0.1) is 10.1 Å². The quantitative estimate of drug-likeness (QED) is 0.625. The van der Waals surface area contributed by atoms with Crippen LogP contribution in [0.4, 0.5) is 5.69 Å². The van der Waals surface area contributed by atoms with E-state index in [4.69, 9.17) is 9.47 Å². The Morgan fingerprint density at radius 1 is 1.50 bits per heavy atom. The summed E-state index contributed by atoms with van der Waals surface area (Å²) < 4.78 is 11.0. The fraction of sp³-hybridized carbons (Fsp3) is 0.571. The van der Waals surface area contributed by atoms with E-state index in [1.165, 1.54) is 6.07 Å². The molecule has 1 aliphatic heterocycles. The summed E-state index contributed by atoms with van der Waals surface area (Å²) in [6.07, 6.45) is 0. The summed E-state index contributed by atoms with van der Waals surface area (Å²) in [5.74, 6) is 0.680. The highest BCUT2D eigenvalue weighted by Gasteiger charge is 2.27. The van der Waals surface area contributed by atoms with E-state index in [2.05, 4.69) is 4.90 Å². The molecule has 0 atom stereocenters. The van der Waals surface area contributed by atoms with Crippen molar-refractivity contribution in [2.45, 2.75) is 26.0 Å². The second-order valence-electron chi connectivity index (χ2n) is 5.57. The third-order valence-electron chi connectivity index (χ3n) is 3.37. The van der Waals surface area contributed by atoms with Gasteiger partial charge < -0.3 is 9.47 Å². The molecule has 1 heterocycles. The van der Waals surface area contributed by atoms with Crippen LogP contribution in [-0.4, -0.2) is 42.2 Å². The van der Waals surface area contributed by atoms with Crippen LogP contribution >= 0.6 is 0 Å². The summed E-state index contributed by atoms with van der Waals surface area (Å²) in [5.41, 5.74) is 0.736. The van der Waals surface area contributed by atoms with E-state index in [1.807, 2.05) is 13.8 Å². The molecule has 6 nitrogen and oxygen atoms in total. The predicted octanol–water partition coefficient (Wildman–Crippen LogP) is 2.21. The SMILES string of the molecule is COc1ccc([N+](=O)[O-])cc1CN1CCOC(C)(C)C1. The van der Waals surface area contributed by atoms with Crippen molar-refractivity contribution < 1.29 is 14.4 Å². The lowest BCUT2D eigenvalue weighted by atomic mass is 10.1. The lowest BCUT2D eigenvalue weighted by Gasteiger charge is -2.38. The first-order valence-electron chi connectivity index (χ1n) is 6.59. The highest BCUT2D eigenvalue weighted by Crippen LogP contribution is 2.27. The number of hydrogen-bond acceptors (Lipinski definition) is 5. The van der Waals surface area contributed by atoms with Gasteiger partial charge in [-0.3, -0.25) is 15.0 Å². The van der Waals surface area contributed by atoms with Gasteiger partial charge in [0.1, 0.15) is 5.75 Å². The zero-order valence-corrected chi connectivity index (χ0v) is 12.1. The number of morpholine rings is 1. The molecule has 0 aromatic heterocycles. The van der Waals surface area contributed by atoms with Crippen LogP contribution in [-0.2, 0) is 11.3 Å². The van der Waals surface area contributed by atoms with Crippen LogP contribution in [0.25, 0.3) is 0 Å². The molecule has 0 radical (unpaired) electrons. The van der Waals surface area contributed by atoms with Crippen LogP contribution in [0.5, 0.6) is 5.75 Å². The Labute approximate surface area is 118 Å². The van der Waals surface area contributed by atoms with Gasteiger partial charge in [0.15, 0.2) is 0 Å². The van der Waals surface area contributed by atoms with E-state index < -0.39 is 0 Å². The predicted molar refractivity (Wildman–Crippen MR) is 75.0 cm³/mol. The zero-order chi connectivity index (χ0) is 14.8. The van der Waals surface area contributed by atoms with Crippen molar-refractivity contribution in [1.82, 2.24) is 4.90 Å². The molecule has 0 spiro atoms. The minimum atomic E-state index is -0.383. The van der Waals surface area contributed by atoms with Crippen molar-refractivity contribution in [1.29, 1.82) is 0 Å². The molecule has 2 rings (SSSR count). The minimum Gasteiger partial charge on any atom is -0.496 e. The van der Waals surface area contributed by atoms with Crippen molar-refractivity contribution in [3.63, 3.8) is 0 Å². The Balaban J connectivity index is 2.18. The Bertz CT molecular complexity index is 502. The lowest BCUT2D eigenvalue weighted by Crippen LogP contribution is -2.47. The van der Waals surface area contributed by atoms with Gasteiger partial charge >= 0.3 is 0 Å². The Kier molecular flexibility index (Phi) is 4.25. The molecule has 20 heavy (non-hydrogen) atoms. The topological polar surface area (TPSA) is 64.8 Å². The highest BCUT2D eigenvalue weighted by atomic mass is 16.6. The molecule has 0 N–H and O–H groups in total. The number of nitro benzene ring substituents is 1. The standard InChI is InChI=1S/C14H20N2O4/c1-14(2)10-15(6-7-20-14)9-11-8-12(16(17)18)4-5-13(11)19-3/h4-5,8H,6-7,9-10H2,1-3H3. The molecule has 0 amide bonds. The van der Waals surface area contributed by atoms with Gasteiger partial charge in [0, 0.05) is 37.3 Å². The molecule has 0 unspecified atom stereocenters. The third kappa shape index (κ3) is 3.46. The average molecular weight is 280 g/mol. The molecule has 0 saturated carbocycles. The molecule has 1 saturated heterocycles. The maximum Gasteiger partial charge on any atom is 0.270 e. The van der Waals surface area contributed by atoms with Gasteiger partial charge in [-0.15, -0.1) is 0 Å². The molecule has 110 valence electrons. The monoisotopic (exact) mass is 280 g/mol. The summed E-state index contributed by atoms with van der Waals surface area (Å²) in [6, 6.07) is 4.70. The van der Waals surface area contributed by atoms with Crippen molar-refractivity contribution in [3.05, 3.63) is 33.9 Å². The van der Waals surface area contributed by atoms with E-state index in [9.17, 15) is 10.1 Å². The van der Waals surface area contributed by atoms with E-state index in [0.717, 1.165) is 18.7 Å². The van der Waals surface area contributed by atoms with Crippen molar-refractivity contribution in [2.24, 2.45) is 0 Å². The lowest BCUT2D eigenvalue weighted by molar-refractivity contribution is -0.385. The Morgan fingerprint density at radius 2 is 2.25 bits per heavy atom. The second-order valence-corrected chi connectivity index (χ2v) is 5.57. The molecule has 1 aromatic carbocycles. The van der Waals surface area contributed by atoms with Gasteiger partial charge in [-0.1, -0.05) is 0 Å². The number of rotatable bonds is 4.